The lowest BCUT2D eigenvalue weighted by Gasteiger charge is -2.11. The van der Waals surface area contributed by atoms with E-state index in [1.54, 1.807) is 12.1 Å². The van der Waals surface area contributed by atoms with Gasteiger partial charge in [-0.2, -0.15) is 5.10 Å². The number of fused-ring (bicyclic) bond motifs is 1. The molecule has 0 spiro atoms. The number of hydrogen-bond acceptors (Lipinski definition) is 5. The van der Waals surface area contributed by atoms with Gasteiger partial charge in [-0.05, 0) is 56.5 Å². The van der Waals surface area contributed by atoms with Crippen LogP contribution in [0.25, 0.3) is 44.9 Å². The lowest BCUT2D eigenvalue weighted by atomic mass is 10.1. The maximum atomic E-state index is 14.9. The number of aromatic nitrogens is 6. The van der Waals surface area contributed by atoms with Gasteiger partial charge in [-0.25, -0.2) is 24.3 Å². The molecular formula is C26H20ClFN6. The molecule has 8 heteroatoms. The maximum Gasteiger partial charge on any atom is 0.182 e. The summed E-state index contributed by atoms with van der Waals surface area (Å²) in [7, 11) is 0. The molecule has 1 aliphatic rings. The van der Waals surface area contributed by atoms with Crippen LogP contribution in [-0.4, -0.2) is 29.7 Å². The van der Waals surface area contributed by atoms with E-state index in [-0.39, 0.29) is 0 Å². The Morgan fingerprint density at radius 3 is 2.50 bits per heavy atom. The van der Waals surface area contributed by atoms with Gasteiger partial charge in [0.2, 0.25) is 0 Å². The lowest BCUT2D eigenvalue weighted by Crippen LogP contribution is -2.02. The zero-order valence-electron chi connectivity index (χ0n) is 18.6. The zero-order chi connectivity index (χ0) is 23.4. The Balaban J connectivity index is 1.53. The van der Waals surface area contributed by atoms with Gasteiger partial charge in [-0.1, -0.05) is 29.8 Å². The van der Waals surface area contributed by atoms with E-state index < -0.39 is 5.82 Å². The van der Waals surface area contributed by atoms with Crippen molar-refractivity contribution in [2.75, 3.05) is 0 Å². The molecular weight excluding hydrogens is 451 g/mol. The first kappa shape index (κ1) is 20.9. The molecule has 6 rings (SSSR count). The molecule has 0 bridgehead atoms. The van der Waals surface area contributed by atoms with Crippen LogP contribution >= 0.6 is 11.6 Å². The molecule has 0 aliphatic heterocycles. The van der Waals surface area contributed by atoms with Gasteiger partial charge >= 0.3 is 0 Å². The van der Waals surface area contributed by atoms with Crippen molar-refractivity contribution >= 4 is 22.8 Å². The second-order valence-corrected chi connectivity index (χ2v) is 9.04. The minimum atomic E-state index is -0.472. The van der Waals surface area contributed by atoms with Gasteiger partial charge in [0.05, 0.1) is 23.6 Å². The van der Waals surface area contributed by atoms with E-state index in [0.29, 0.717) is 39.3 Å². The first-order valence-electron chi connectivity index (χ1n) is 11.1. The maximum absolute atomic E-state index is 14.9. The van der Waals surface area contributed by atoms with E-state index in [1.165, 1.54) is 18.9 Å². The molecule has 5 aromatic rings. The van der Waals surface area contributed by atoms with E-state index in [1.807, 2.05) is 49.0 Å². The smallest absolute Gasteiger partial charge is 0.182 e. The Morgan fingerprint density at radius 1 is 0.912 bits per heavy atom. The van der Waals surface area contributed by atoms with Gasteiger partial charge in [-0.3, -0.25) is 4.68 Å². The second-order valence-electron chi connectivity index (χ2n) is 8.61. The Morgan fingerprint density at radius 2 is 1.71 bits per heavy atom. The van der Waals surface area contributed by atoms with E-state index >= 15 is 0 Å². The third-order valence-corrected chi connectivity index (χ3v) is 6.34. The standard InChI is InChI=1S/C26H20ClFN6/c1-14-15(2)31-26-24(30-14)23(21-9-6-19(27)11-22(21)28)32-25(33-26)17-5-3-4-16(10-17)18-12-29-34(13-18)20-7-8-20/h3-6,9-13,20H,7-8H2,1-2H3. The van der Waals surface area contributed by atoms with Gasteiger partial charge in [-0.15, -0.1) is 0 Å². The molecule has 0 radical (unpaired) electrons. The van der Waals surface area contributed by atoms with Crippen LogP contribution in [0.15, 0.2) is 54.9 Å². The lowest BCUT2D eigenvalue weighted by molar-refractivity contribution is 0.631. The Labute approximate surface area is 200 Å². The minimum Gasteiger partial charge on any atom is -0.269 e. The molecule has 168 valence electrons. The topological polar surface area (TPSA) is 69.4 Å². The van der Waals surface area contributed by atoms with Crippen LogP contribution in [0.3, 0.4) is 0 Å². The molecule has 1 aliphatic carbocycles. The van der Waals surface area contributed by atoms with E-state index in [4.69, 9.17) is 21.6 Å². The summed E-state index contributed by atoms with van der Waals surface area (Å²) in [5.74, 6) is -0.0226. The predicted octanol–water partition coefficient (Wildman–Crippen LogP) is 6.36. The number of aryl methyl sites for hydroxylation is 2. The van der Waals surface area contributed by atoms with Crippen LogP contribution in [0, 0.1) is 19.7 Å². The van der Waals surface area contributed by atoms with Crippen molar-refractivity contribution in [3.63, 3.8) is 0 Å². The number of nitrogens with zero attached hydrogens (tertiary/aromatic N) is 6. The van der Waals surface area contributed by atoms with Gasteiger partial charge in [0, 0.05) is 27.9 Å². The van der Waals surface area contributed by atoms with Gasteiger partial charge in [0.1, 0.15) is 17.0 Å². The molecule has 3 aromatic heterocycles. The number of benzene rings is 2. The highest BCUT2D eigenvalue weighted by Gasteiger charge is 2.24. The SMILES string of the molecule is Cc1nc2nc(-c3cccc(-c4cnn(C5CC5)c4)c3)nc(-c3ccc(Cl)cc3F)c2nc1C. The van der Waals surface area contributed by atoms with Crippen molar-refractivity contribution in [2.45, 2.75) is 32.7 Å². The van der Waals surface area contributed by atoms with Crippen LogP contribution in [0.4, 0.5) is 4.39 Å². The summed E-state index contributed by atoms with van der Waals surface area (Å²) in [6.45, 7) is 3.74. The van der Waals surface area contributed by atoms with Gasteiger partial charge in [0.15, 0.2) is 11.5 Å². The largest absolute Gasteiger partial charge is 0.269 e. The van der Waals surface area contributed by atoms with Crippen LogP contribution in [0.2, 0.25) is 5.02 Å². The Bertz CT molecular complexity index is 1570. The summed E-state index contributed by atoms with van der Waals surface area (Å²) in [4.78, 5) is 18.7. The molecule has 0 amide bonds. The summed E-state index contributed by atoms with van der Waals surface area (Å²) in [5, 5.41) is 4.82. The third kappa shape index (κ3) is 3.72. The van der Waals surface area contributed by atoms with Crippen molar-refractivity contribution in [1.29, 1.82) is 0 Å². The van der Waals surface area contributed by atoms with Crippen LogP contribution in [-0.2, 0) is 0 Å². The van der Waals surface area contributed by atoms with Gasteiger partial charge < -0.3 is 0 Å². The van der Waals surface area contributed by atoms with Crippen LogP contribution < -0.4 is 0 Å². The van der Waals surface area contributed by atoms with Crippen molar-refractivity contribution < 1.29 is 4.39 Å². The van der Waals surface area contributed by atoms with Crippen molar-refractivity contribution in [1.82, 2.24) is 29.7 Å². The molecule has 1 saturated carbocycles. The van der Waals surface area contributed by atoms with E-state index in [9.17, 15) is 4.39 Å². The fraction of sp³-hybridized carbons (Fsp3) is 0.192. The molecule has 0 unspecified atom stereocenters. The van der Waals surface area contributed by atoms with Crippen molar-refractivity contribution in [3.05, 3.63) is 77.1 Å². The first-order valence-corrected chi connectivity index (χ1v) is 11.5. The fourth-order valence-corrected chi connectivity index (χ4v) is 4.13. The molecule has 2 aromatic carbocycles. The summed E-state index contributed by atoms with van der Waals surface area (Å²) in [6, 6.07) is 13.0. The Kier molecular flexibility index (Phi) is 4.88. The van der Waals surface area contributed by atoms with Crippen molar-refractivity contribution in [3.8, 4) is 33.8 Å². The predicted molar refractivity (Wildman–Crippen MR) is 130 cm³/mol. The zero-order valence-corrected chi connectivity index (χ0v) is 19.4. The van der Waals surface area contributed by atoms with Crippen LogP contribution in [0.1, 0.15) is 30.3 Å². The normalized spacial score (nSPS) is 13.5. The summed E-state index contributed by atoms with van der Waals surface area (Å²) in [6.07, 6.45) is 6.31. The summed E-state index contributed by atoms with van der Waals surface area (Å²) < 4.78 is 17.0. The van der Waals surface area contributed by atoms with Gasteiger partial charge in [0.25, 0.3) is 0 Å². The highest BCUT2D eigenvalue weighted by molar-refractivity contribution is 6.30. The van der Waals surface area contributed by atoms with E-state index in [0.717, 1.165) is 28.1 Å². The van der Waals surface area contributed by atoms with Crippen LogP contribution in [0.5, 0.6) is 0 Å². The monoisotopic (exact) mass is 470 g/mol. The quantitative estimate of drug-likeness (QED) is 0.305. The molecule has 0 atom stereocenters. The highest BCUT2D eigenvalue weighted by atomic mass is 35.5. The van der Waals surface area contributed by atoms with E-state index in [2.05, 4.69) is 21.3 Å². The highest BCUT2D eigenvalue weighted by Crippen LogP contribution is 2.36. The third-order valence-electron chi connectivity index (χ3n) is 6.11. The first-order chi connectivity index (χ1) is 16.5. The average molecular weight is 471 g/mol. The molecule has 34 heavy (non-hydrogen) atoms. The second kappa shape index (κ2) is 7.95. The minimum absolute atomic E-state index is 0.303. The number of halogens is 2. The number of rotatable bonds is 4. The fourth-order valence-electron chi connectivity index (χ4n) is 3.97. The molecule has 1 fully saturated rings. The van der Waals surface area contributed by atoms with Crippen molar-refractivity contribution in [2.24, 2.45) is 0 Å². The summed E-state index contributed by atoms with van der Waals surface area (Å²) >= 11 is 5.99. The summed E-state index contributed by atoms with van der Waals surface area (Å²) in [5.41, 5.74) is 5.92. The molecule has 3 heterocycles. The molecule has 6 nitrogen and oxygen atoms in total. The average Bonchev–Trinajstić information content (AvgIpc) is 3.56. The Hall–Kier alpha value is -3.71. The molecule has 0 saturated heterocycles. The number of hydrogen-bond donors (Lipinski definition) is 0. The molecule has 0 N–H and O–H groups in total.